The van der Waals surface area contributed by atoms with Crippen LogP contribution in [0.1, 0.15) is 24.0 Å². The first-order valence-electron chi connectivity index (χ1n) is 8.49. The molecule has 0 unspecified atom stereocenters. The van der Waals surface area contributed by atoms with Gasteiger partial charge in [-0.1, -0.05) is 60.4 Å². The second-order valence-corrected chi connectivity index (χ2v) is 5.51. The van der Waals surface area contributed by atoms with Crippen LogP contribution in [0.25, 0.3) is 0 Å². The average molecular weight is 350 g/mol. The minimum absolute atomic E-state index is 0.0909. The van der Waals surface area contributed by atoms with Gasteiger partial charge in [-0.05, 0) is 17.7 Å². The molecule has 2 aromatic carbocycles. The third kappa shape index (κ3) is 8.02. The van der Waals surface area contributed by atoms with Gasteiger partial charge in [0.25, 0.3) is 0 Å². The van der Waals surface area contributed by atoms with Crippen molar-refractivity contribution in [2.45, 2.75) is 19.4 Å². The van der Waals surface area contributed by atoms with Crippen molar-refractivity contribution in [3.05, 3.63) is 71.8 Å². The summed E-state index contributed by atoms with van der Waals surface area (Å²) in [7, 11) is 0. The second-order valence-electron chi connectivity index (χ2n) is 5.51. The van der Waals surface area contributed by atoms with Gasteiger partial charge in [0.15, 0.2) is 0 Å². The summed E-state index contributed by atoms with van der Waals surface area (Å²) in [6, 6.07) is 19.1. The van der Waals surface area contributed by atoms with E-state index < -0.39 is 6.09 Å². The summed E-state index contributed by atoms with van der Waals surface area (Å²) >= 11 is 0. The Kier molecular flexibility index (Phi) is 8.30. The molecule has 134 valence electrons. The summed E-state index contributed by atoms with van der Waals surface area (Å²) in [5.74, 6) is 5.89. The van der Waals surface area contributed by atoms with E-state index in [9.17, 15) is 9.59 Å². The van der Waals surface area contributed by atoms with Crippen molar-refractivity contribution >= 4 is 12.0 Å². The van der Waals surface area contributed by atoms with Gasteiger partial charge in [0, 0.05) is 31.5 Å². The predicted molar refractivity (Wildman–Crippen MR) is 100 cm³/mol. The Morgan fingerprint density at radius 3 is 2.27 bits per heavy atom. The molecule has 5 heteroatoms. The summed E-state index contributed by atoms with van der Waals surface area (Å²) in [5.41, 5.74) is 1.86. The molecule has 5 nitrogen and oxygen atoms in total. The molecule has 2 amide bonds. The summed E-state index contributed by atoms with van der Waals surface area (Å²) in [4.78, 5) is 23.2. The van der Waals surface area contributed by atoms with Gasteiger partial charge in [0.05, 0.1) is 0 Å². The first kappa shape index (κ1) is 19.1. The molecule has 0 aliphatic carbocycles. The molecule has 2 N–H and O–H groups in total. The Labute approximate surface area is 153 Å². The van der Waals surface area contributed by atoms with E-state index in [1.165, 1.54) is 0 Å². The first-order chi connectivity index (χ1) is 12.7. The number of benzene rings is 2. The van der Waals surface area contributed by atoms with Gasteiger partial charge in [0.2, 0.25) is 5.91 Å². The zero-order valence-corrected chi connectivity index (χ0v) is 14.5. The molecule has 0 aliphatic rings. The maximum atomic E-state index is 11.7. The molecule has 0 radical (unpaired) electrons. The highest BCUT2D eigenvalue weighted by atomic mass is 16.5. The molecule has 2 aromatic rings. The number of hydrogen-bond acceptors (Lipinski definition) is 3. The molecule has 0 heterocycles. The Balaban J connectivity index is 1.51. The summed E-state index contributed by atoms with van der Waals surface area (Å²) < 4.78 is 5.08. The van der Waals surface area contributed by atoms with Crippen LogP contribution in [0.3, 0.4) is 0 Å². The highest BCUT2D eigenvalue weighted by Crippen LogP contribution is 2.00. The third-order valence-corrected chi connectivity index (χ3v) is 3.41. The van der Waals surface area contributed by atoms with Crippen molar-refractivity contribution < 1.29 is 14.3 Å². The van der Waals surface area contributed by atoms with Gasteiger partial charge >= 0.3 is 6.09 Å². The van der Waals surface area contributed by atoms with Crippen LogP contribution in [0.15, 0.2) is 60.7 Å². The van der Waals surface area contributed by atoms with E-state index in [1.54, 1.807) is 0 Å². The molecule has 0 aliphatic heterocycles. The standard InChI is InChI=1S/C21H22N2O3/c24-20(14-8-7-11-18-9-3-1-4-10-18)22-15-16-23-21(25)26-17-19-12-5-2-6-13-19/h1-6,9-10,12-13H,8,14-17H2,(H,22,24)(H,23,25). The van der Waals surface area contributed by atoms with Crippen LogP contribution in [0.2, 0.25) is 0 Å². The quantitative estimate of drug-likeness (QED) is 0.596. The average Bonchev–Trinajstić information content (AvgIpc) is 2.68. The van der Waals surface area contributed by atoms with Crippen LogP contribution in [0.5, 0.6) is 0 Å². The lowest BCUT2D eigenvalue weighted by molar-refractivity contribution is -0.120. The van der Waals surface area contributed by atoms with Crippen LogP contribution in [-0.4, -0.2) is 25.1 Å². The van der Waals surface area contributed by atoms with Crippen molar-refractivity contribution in [1.82, 2.24) is 10.6 Å². The van der Waals surface area contributed by atoms with Crippen LogP contribution in [-0.2, 0) is 16.1 Å². The number of alkyl carbamates (subject to hydrolysis) is 1. The molecular formula is C21H22N2O3. The number of hydrogen-bond donors (Lipinski definition) is 2. The fraction of sp³-hybridized carbons (Fsp3) is 0.238. The zero-order chi connectivity index (χ0) is 18.5. The van der Waals surface area contributed by atoms with Crippen molar-refractivity contribution in [3.63, 3.8) is 0 Å². The highest BCUT2D eigenvalue weighted by molar-refractivity contribution is 5.76. The molecule has 26 heavy (non-hydrogen) atoms. The number of carbonyl (C=O) groups excluding carboxylic acids is 2. The van der Waals surface area contributed by atoms with Crippen LogP contribution < -0.4 is 10.6 Å². The number of nitrogens with one attached hydrogen (secondary N) is 2. The van der Waals surface area contributed by atoms with Crippen molar-refractivity contribution in [2.75, 3.05) is 13.1 Å². The van der Waals surface area contributed by atoms with Crippen molar-refractivity contribution in [3.8, 4) is 11.8 Å². The lowest BCUT2D eigenvalue weighted by atomic mass is 10.2. The van der Waals surface area contributed by atoms with E-state index in [4.69, 9.17) is 4.74 Å². The Morgan fingerprint density at radius 2 is 1.54 bits per heavy atom. The van der Waals surface area contributed by atoms with Gasteiger partial charge in [-0.15, -0.1) is 0 Å². The zero-order valence-electron chi connectivity index (χ0n) is 14.5. The fourth-order valence-electron chi connectivity index (χ4n) is 2.09. The Hall–Kier alpha value is -3.26. The number of amides is 2. The molecule has 0 saturated carbocycles. The van der Waals surface area contributed by atoms with Crippen molar-refractivity contribution in [2.24, 2.45) is 0 Å². The monoisotopic (exact) mass is 350 g/mol. The Bertz CT molecular complexity index is 749. The van der Waals surface area contributed by atoms with Crippen molar-refractivity contribution in [1.29, 1.82) is 0 Å². The van der Waals surface area contributed by atoms with E-state index in [-0.39, 0.29) is 12.5 Å². The molecule has 2 rings (SSSR count). The van der Waals surface area contributed by atoms with E-state index in [2.05, 4.69) is 22.5 Å². The summed E-state index contributed by atoms with van der Waals surface area (Å²) in [6.45, 7) is 0.888. The molecule has 0 bridgehead atoms. The van der Waals surface area contributed by atoms with E-state index in [0.29, 0.717) is 25.9 Å². The lowest BCUT2D eigenvalue weighted by Gasteiger charge is -2.07. The van der Waals surface area contributed by atoms with Gasteiger partial charge < -0.3 is 15.4 Å². The van der Waals surface area contributed by atoms with Crippen LogP contribution in [0, 0.1) is 11.8 Å². The van der Waals surface area contributed by atoms with E-state index in [1.807, 2.05) is 60.7 Å². The second kappa shape index (κ2) is 11.3. The number of carbonyl (C=O) groups is 2. The maximum Gasteiger partial charge on any atom is 0.407 e. The van der Waals surface area contributed by atoms with E-state index >= 15 is 0 Å². The smallest absolute Gasteiger partial charge is 0.407 e. The van der Waals surface area contributed by atoms with Gasteiger partial charge in [0.1, 0.15) is 6.61 Å². The normalized spacial score (nSPS) is 9.54. The van der Waals surface area contributed by atoms with Gasteiger partial charge in [-0.25, -0.2) is 4.79 Å². The van der Waals surface area contributed by atoms with Crippen LogP contribution >= 0.6 is 0 Å². The maximum absolute atomic E-state index is 11.7. The predicted octanol–water partition coefficient (Wildman–Crippen LogP) is 2.86. The molecule has 0 atom stereocenters. The first-order valence-corrected chi connectivity index (χ1v) is 8.49. The van der Waals surface area contributed by atoms with Crippen LogP contribution in [0.4, 0.5) is 4.79 Å². The number of rotatable bonds is 7. The van der Waals surface area contributed by atoms with E-state index in [0.717, 1.165) is 11.1 Å². The van der Waals surface area contributed by atoms with Gasteiger partial charge in [-0.3, -0.25) is 4.79 Å². The molecule has 0 aromatic heterocycles. The largest absolute Gasteiger partial charge is 0.445 e. The van der Waals surface area contributed by atoms with Gasteiger partial charge in [-0.2, -0.15) is 0 Å². The molecule has 0 spiro atoms. The number of ether oxygens (including phenoxy) is 1. The Morgan fingerprint density at radius 1 is 0.885 bits per heavy atom. The fourth-order valence-corrected chi connectivity index (χ4v) is 2.09. The summed E-state index contributed by atoms with van der Waals surface area (Å²) in [6.07, 6.45) is 0.322. The topological polar surface area (TPSA) is 67.4 Å². The highest BCUT2D eigenvalue weighted by Gasteiger charge is 2.03. The minimum Gasteiger partial charge on any atom is -0.445 e. The molecule has 0 fully saturated rings. The molecule has 0 saturated heterocycles. The minimum atomic E-state index is -0.503. The SMILES string of the molecule is O=C(CCC#Cc1ccccc1)NCCNC(=O)OCc1ccccc1. The lowest BCUT2D eigenvalue weighted by Crippen LogP contribution is -2.34. The summed E-state index contributed by atoms with van der Waals surface area (Å²) in [5, 5.41) is 5.33. The molecular weight excluding hydrogens is 328 g/mol. The third-order valence-electron chi connectivity index (χ3n) is 3.41.